The van der Waals surface area contributed by atoms with Gasteiger partial charge in [-0.05, 0) is 36.1 Å². The number of fused-ring (bicyclic) bond motifs is 2. The van der Waals surface area contributed by atoms with Gasteiger partial charge < -0.3 is 10.4 Å². The number of carbonyl (C=O) groups excluding carboxylic acids is 1. The largest absolute Gasteiger partial charge is 0.506 e. The van der Waals surface area contributed by atoms with Crippen LogP contribution in [0, 0.1) is 5.41 Å². The summed E-state index contributed by atoms with van der Waals surface area (Å²) < 4.78 is 55.3. The average molecular weight is 566 g/mol. The van der Waals surface area contributed by atoms with E-state index in [2.05, 4.69) is 30.5 Å². The Morgan fingerprint density at radius 3 is 2.49 bits per heavy atom. The normalized spacial score (nSPS) is 21.4. The second kappa shape index (κ2) is 9.04. The Morgan fingerprint density at radius 1 is 1.22 bits per heavy atom. The summed E-state index contributed by atoms with van der Waals surface area (Å²) in [6, 6.07) is 7.09. The molecule has 0 amide bonds. The molecule has 0 fully saturated rings. The fraction of sp³-hybridized carbons (Fsp3) is 0.440. The average Bonchev–Trinajstić information content (AvgIpc) is 3.19. The number of anilines is 1. The summed E-state index contributed by atoms with van der Waals surface area (Å²) in [4.78, 5) is 13.9. The lowest BCUT2D eigenvalue weighted by atomic mass is 9.65. The van der Waals surface area contributed by atoms with Gasteiger partial charge in [0.1, 0.15) is 21.2 Å². The Labute approximate surface area is 222 Å². The van der Waals surface area contributed by atoms with E-state index < -0.39 is 31.2 Å². The number of aliphatic hydroxyl groups excluding tert-OH is 1. The van der Waals surface area contributed by atoms with Gasteiger partial charge in [-0.25, -0.2) is 12.7 Å². The van der Waals surface area contributed by atoms with Crippen LogP contribution in [0.4, 0.5) is 5.00 Å². The third kappa shape index (κ3) is 4.99. The van der Waals surface area contributed by atoms with Crippen LogP contribution in [-0.4, -0.2) is 51.2 Å². The first kappa shape index (κ1) is 27.5. The molecule has 0 saturated carbocycles. The zero-order valence-electron chi connectivity index (χ0n) is 21.6. The highest BCUT2D eigenvalue weighted by Crippen LogP contribution is 2.46. The van der Waals surface area contributed by atoms with Crippen LogP contribution in [-0.2, 0) is 36.8 Å². The number of nitrogens with one attached hydrogen (secondary N) is 1. The van der Waals surface area contributed by atoms with Gasteiger partial charge in [-0.15, -0.1) is 15.7 Å². The molecular weight excluding hydrogens is 534 g/mol. The first-order chi connectivity index (χ1) is 17.0. The van der Waals surface area contributed by atoms with Crippen LogP contribution in [0.5, 0.6) is 0 Å². The lowest BCUT2D eigenvalue weighted by Crippen LogP contribution is -2.42. The van der Waals surface area contributed by atoms with E-state index in [1.165, 1.54) is 7.05 Å². The Morgan fingerprint density at radius 2 is 1.86 bits per heavy atom. The van der Waals surface area contributed by atoms with Crippen molar-refractivity contribution in [1.82, 2.24) is 4.31 Å². The van der Waals surface area contributed by atoms with E-state index in [0.29, 0.717) is 17.5 Å². The zero-order valence-corrected chi connectivity index (χ0v) is 24.1. The van der Waals surface area contributed by atoms with Gasteiger partial charge >= 0.3 is 0 Å². The van der Waals surface area contributed by atoms with Gasteiger partial charge in [0.25, 0.3) is 10.0 Å². The van der Waals surface area contributed by atoms with E-state index in [1.807, 2.05) is 19.1 Å². The molecule has 37 heavy (non-hydrogen) atoms. The summed E-state index contributed by atoms with van der Waals surface area (Å²) >= 11 is 1.07. The van der Waals surface area contributed by atoms with E-state index >= 15 is 0 Å². The fourth-order valence-corrected chi connectivity index (χ4v) is 7.49. The summed E-state index contributed by atoms with van der Waals surface area (Å²) in [7, 11) is -6.48. The van der Waals surface area contributed by atoms with Gasteiger partial charge in [-0.3, -0.25) is 4.79 Å². The highest BCUT2D eigenvalue weighted by atomic mass is 32.2. The third-order valence-electron chi connectivity index (χ3n) is 6.83. The molecule has 0 saturated heterocycles. The maximum atomic E-state index is 14.0. The second-order valence-corrected chi connectivity index (χ2v) is 15.5. The number of rotatable bonds is 6. The summed E-state index contributed by atoms with van der Waals surface area (Å²) in [6.45, 7) is 7.92. The van der Waals surface area contributed by atoms with Crippen molar-refractivity contribution in [2.24, 2.45) is 9.81 Å². The predicted octanol–water partition coefficient (Wildman–Crippen LogP) is 4.29. The molecule has 0 radical (unpaired) electrons. The molecule has 9 nitrogen and oxygen atoms in total. The SMILES string of the molecule is CN(Cc1csc2c1S(=O)(=O)N=C(C1=C(O)c3ccccc3[C@@](C)(CCC(C)(C)C)C1=O)N2)S(C)(=O)=O. The van der Waals surface area contributed by atoms with E-state index in [4.69, 9.17) is 0 Å². The molecule has 1 aliphatic carbocycles. The second-order valence-electron chi connectivity index (χ2n) is 11.0. The van der Waals surface area contributed by atoms with Gasteiger partial charge in [-0.2, -0.15) is 8.42 Å². The predicted molar refractivity (Wildman–Crippen MR) is 146 cm³/mol. The highest BCUT2D eigenvalue weighted by molar-refractivity contribution is 7.91. The van der Waals surface area contributed by atoms with Crippen LogP contribution in [0.15, 0.2) is 44.5 Å². The van der Waals surface area contributed by atoms with Gasteiger partial charge in [0.05, 0.1) is 11.7 Å². The number of sulfonamides is 2. The van der Waals surface area contributed by atoms with Crippen molar-refractivity contribution in [3.8, 4) is 0 Å². The quantitative estimate of drug-likeness (QED) is 0.534. The molecule has 4 rings (SSSR count). The Balaban J connectivity index is 1.81. The monoisotopic (exact) mass is 565 g/mol. The van der Waals surface area contributed by atoms with Crippen LogP contribution in [0.25, 0.3) is 5.76 Å². The van der Waals surface area contributed by atoms with E-state index in [1.54, 1.807) is 17.5 Å². The topological polar surface area (TPSA) is 133 Å². The van der Waals surface area contributed by atoms with Crippen LogP contribution in [0.3, 0.4) is 0 Å². The van der Waals surface area contributed by atoms with E-state index in [0.717, 1.165) is 28.3 Å². The summed E-state index contributed by atoms with van der Waals surface area (Å²) in [5, 5.41) is 15.9. The standard InChI is InChI=1S/C25H31N3O6S3/c1-24(2,3)11-12-25(4)17-10-8-7-9-16(17)19(29)18(21(25)30)22-26-23-20(37(33,34)27-22)15(14-35-23)13-28(5)36(6,31)32/h7-10,14,29H,11-13H2,1-6H3,(H,26,27)/t25-/m1/s1. The number of hydrogen-bond donors (Lipinski definition) is 2. The highest BCUT2D eigenvalue weighted by Gasteiger charge is 2.47. The summed E-state index contributed by atoms with van der Waals surface area (Å²) in [6.07, 6.45) is 2.25. The van der Waals surface area contributed by atoms with Crippen molar-refractivity contribution in [3.05, 3.63) is 51.9 Å². The lowest BCUT2D eigenvalue weighted by molar-refractivity contribution is -0.120. The molecule has 12 heteroatoms. The number of carbonyl (C=O) groups is 1. The lowest BCUT2D eigenvalue weighted by Gasteiger charge is -2.37. The van der Waals surface area contributed by atoms with Crippen LogP contribution in [0.1, 0.15) is 57.2 Å². The third-order valence-corrected chi connectivity index (χ3v) is 10.6. The first-order valence-electron chi connectivity index (χ1n) is 11.7. The molecular formula is C25H31N3O6S3. The van der Waals surface area contributed by atoms with Gasteiger partial charge in [0.15, 0.2) is 11.6 Å². The van der Waals surface area contributed by atoms with Crippen molar-refractivity contribution < 1.29 is 26.7 Å². The maximum absolute atomic E-state index is 14.0. The Hall–Kier alpha value is -2.54. The smallest absolute Gasteiger partial charge is 0.287 e. The summed E-state index contributed by atoms with van der Waals surface area (Å²) in [5.74, 6) is -0.977. The number of thiophene rings is 1. The Bertz CT molecular complexity index is 1560. The van der Waals surface area contributed by atoms with Crippen LogP contribution in [0.2, 0.25) is 0 Å². The molecule has 2 N–H and O–H groups in total. The molecule has 2 heterocycles. The fourth-order valence-electron chi connectivity index (χ4n) is 4.53. The molecule has 2 aliphatic rings. The molecule has 1 aliphatic heterocycles. The molecule has 1 aromatic carbocycles. The zero-order chi connectivity index (χ0) is 27.6. The summed E-state index contributed by atoms with van der Waals surface area (Å²) in [5.41, 5.74) is 0.200. The number of amidine groups is 1. The first-order valence-corrected chi connectivity index (χ1v) is 15.8. The number of hydrogen-bond acceptors (Lipinski definition) is 8. The molecule has 1 atom stereocenters. The minimum atomic E-state index is -4.30. The minimum Gasteiger partial charge on any atom is -0.506 e. The molecule has 200 valence electrons. The molecule has 2 aromatic rings. The van der Waals surface area contributed by atoms with E-state index in [9.17, 15) is 26.7 Å². The van der Waals surface area contributed by atoms with E-state index in [-0.39, 0.29) is 44.6 Å². The van der Waals surface area contributed by atoms with Crippen LogP contribution < -0.4 is 5.32 Å². The number of ketones is 1. The van der Waals surface area contributed by atoms with Gasteiger partial charge in [0, 0.05) is 24.7 Å². The van der Waals surface area contributed by atoms with Gasteiger partial charge in [-0.1, -0.05) is 45.0 Å². The number of Topliss-reactive ketones (excluding diaryl/α,β-unsaturated/α-hetero) is 1. The number of aliphatic hydroxyl groups is 1. The van der Waals surface area contributed by atoms with Crippen LogP contribution >= 0.6 is 11.3 Å². The van der Waals surface area contributed by atoms with Crippen molar-refractivity contribution in [1.29, 1.82) is 0 Å². The number of nitrogens with zero attached hydrogens (tertiary/aromatic N) is 2. The van der Waals surface area contributed by atoms with Gasteiger partial charge in [0.2, 0.25) is 10.0 Å². The molecule has 0 spiro atoms. The van der Waals surface area contributed by atoms with Crippen molar-refractivity contribution in [2.75, 3.05) is 18.6 Å². The Kier molecular flexibility index (Phi) is 6.72. The minimum absolute atomic E-state index is 0.0487. The molecule has 0 unspecified atom stereocenters. The van der Waals surface area contributed by atoms with Crippen molar-refractivity contribution >= 4 is 53.8 Å². The molecule has 1 aromatic heterocycles. The van der Waals surface area contributed by atoms with Crippen molar-refractivity contribution in [3.63, 3.8) is 0 Å². The van der Waals surface area contributed by atoms with Crippen molar-refractivity contribution in [2.45, 2.75) is 57.4 Å². The maximum Gasteiger partial charge on any atom is 0.287 e. The number of benzene rings is 1. The molecule has 0 bridgehead atoms.